The maximum absolute atomic E-state index is 12.3. The molecule has 1 aromatic heterocycles. The second kappa shape index (κ2) is 5.02. The Morgan fingerprint density at radius 1 is 1.53 bits per heavy atom. The van der Waals surface area contributed by atoms with Crippen LogP contribution in [0.1, 0.15) is 23.2 Å². The first kappa shape index (κ1) is 12.3. The predicted molar refractivity (Wildman–Crippen MR) is 66.3 cm³/mol. The Balaban J connectivity index is 2.27. The van der Waals surface area contributed by atoms with E-state index in [2.05, 4.69) is 16.8 Å². The molecule has 1 heterocycles. The Bertz CT molecular complexity index is 460. The number of halogens is 2. The second-order valence-electron chi connectivity index (χ2n) is 3.85. The van der Waals surface area contributed by atoms with E-state index in [1.54, 1.807) is 11.0 Å². The second-order valence-corrected chi connectivity index (χ2v) is 4.59. The number of carbonyl (C=O) groups excluding carboxylic acids is 1. The molecule has 1 saturated carbocycles. The average molecular weight is 272 g/mol. The third-order valence-corrected chi connectivity index (χ3v) is 2.99. The van der Waals surface area contributed by atoms with Gasteiger partial charge < -0.3 is 4.90 Å². The molecule has 6 heteroatoms. The van der Waals surface area contributed by atoms with Gasteiger partial charge in [-0.1, -0.05) is 29.3 Å². The van der Waals surface area contributed by atoms with Crippen LogP contribution >= 0.6 is 23.2 Å². The van der Waals surface area contributed by atoms with Gasteiger partial charge in [0.1, 0.15) is 0 Å². The van der Waals surface area contributed by atoms with Gasteiger partial charge in [-0.2, -0.15) is 0 Å². The summed E-state index contributed by atoms with van der Waals surface area (Å²) in [6.45, 7) is 4.15. The predicted octanol–water partition coefficient (Wildman–Crippen LogP) is 2.57. The lowest BCUT2D eigenvalue weighted by molar-refractivity contribution is 0.0762. The lowest BCUT2D eigenvalue weighted by Gasteiger charge is -2.20. The molecule has 90 valence electrons. The van der Waals surface area contributed by atoms with E-state index in [-0.39, 0.29) is 22.3 Å². The third kappa shape index (κ3) is 2.76. The quantitative estimate of drug-likeness (QED) is 0.791. The standard InChI is InChI=1S/C11H11Cl2N3O/c1-2-5-16(7-3-4-7)11(17)8-6-9(12)14-15-10(8)13/h2,6-7H,1,3-5H2. The summed E-state index contributed by atoms with van der Waals surface area (Å²) < 4.78 is 0. The van der Waals surface area contributed by atoms with Gasteiger partial charge in [-0.25, -0.2) is 0 Å². The molecule has 0 aliphatic heterocycles. The normalized spacial score (nSPS) is 14.5. The van der Waals surface area contributed by atoms with Gasteiger partial charge in [0, 0.05) is 12.6 Å². The van der Waals surface area contributed by atoms with E-state index >= 15 is 0 Å². The molecule has 0 atom stereocenters. The number of hydrogen-bond donors (Lipinski definition) is 0. The molecular weight excluding hydrogens is 261 g/mol. The van der Waals surface area contributed by atoms with E-state index in [1.165, 1.54) is 6.07 Å². The zero-order valence-corrected chi connectivity index (χ0v) is 10.6. The van der Waals surface area contributed by atoms with E-state index in [0.29, 0.717) is 12.1 Å². The van der Waals surface area contributed by atoms with Crippen molar-refractivity contribution in [2.45, 2.75) is 18.9 Å². The molecule has 0 spiro atoms. The number of hydrogen-bond acceptors (Lipinski definition) is 3. The van der Waals surface area contributed by atoms with Crippen molar-refractivity contribution in [1.82, 2.24) is 15.1 Å². The summed E-state index contributed by atoms with van der Waals surface area (Å²) in [5.41, 5.74) is 0.292. The monoisotopic (exact) mass is 271 g/mol. The van der Waals surface area contributed by atoms with Crippen LogP contribution in [0, 0.1) is 0 Å². The zero-order valence-electron chi connectivity index (χ0n) is 9.07. The highest BCUT2D eigenvalue weighted by Crippen LogP contribution is 2.29. The van der Waals surface area contributed by atoms with Crippen LogP contribution in [0.25, 0.3) is 0 Å². The van der Waals surface area contributed by atoms with Gasteiger partial charge in [0.15, 0.2) is 10.3 Å². The Morgan fingerprint density at radius 3 is 2.82 bits per heavy atom. The zero-order chi connectivity index (χ0) is 12.4. The summed E-state index contributed by atoms with van der Waals surface area (Å²) in [5, 5.41) is 7.45. The lowest BCUT2D eigenvalue weighted by Crippen LogP contribution is -2.33. The van der Waals surface area contributed by atoms with Crippen LogP contribution in [0.4, 0.5) is 0 Å². The van der Waals surface area contributed by atoms with Gasteiger partial charge in [-0.15, -0.1) is 16.8 Å². The van der Waals surface area contributed by atoms with Crippen LogP contribution < -0.4 is 0 Å². The summed E-state index contributed by atoms with van der Waals surface area (Å²) in [6, 6.07) is 1.72. The molecule has 0 N–H and O–H groups in total. The molecule has 0 bridgehead atoms. The summed E-state index contributed by atoms with van der Waals surface area (Å²) >= 11 is 11.6. The molecule has 1 aliphatic rings. The molecule has 1 aliphatic carbocycles. The Labute approximate surface area is 109 Å². The van der Waals surface area contributed by atoms with Crippen LogP contribution in [-0.2, 0) is 0 Å². The van der Waals surface area contributed by atoms with Gasteiger partial charge in [0.2, 0.25) is 0 Å². The minimum Gasteiger partial charge on any atom is -0.332 e. The van der Waals surface area contributed by atoms with Crippen LogP contribution in [-0.4, -0.2) is 33.6 Å². The van der Waals surface area contributed by atoms with Crippen molar-refractivity contribution in [2.24, 2.45) is 0 Å². The van der Waals surface area contributed by atoms with Crippen LogP contribution in [0.15, 0.2) is 18.7 Å². The number of aromatic nitrogens is 2. The maximum atomic E-state index is 12.3. The van der Waals surface area contributed by atoms with Crippen molar-refractivity contribution >= 4 is 29.1 Å². The third-order valence-electron chi connectivity index (χ3n) is 2.52. The molecule has 2 rings (SSSR count). The summed E-state index contributed by atoms with van der Waals surface area (Å²) in [6.07, 6.45) is 3.73. The van der Waals surface area contributed by atoms with E-state index in [1.807, 2.05) is 0 Å². The van der Waals surface area contributed by atoms with Crippen molar-refractivity contribution in [3.8, 4) is 0 Å². The highest BCUT2D eigenvalue weighted by molar-refractivity contribution is 6.34. The van der Waals surface area contributed by atoms with E-state index < -0.39 is 0 Å². The largest absolute Gasteiger partial charge is 0.332 e. The molecule has 1 aromatic rings. The van der Waals surface area contributed by atoms with Crippen molar-refractivity contribution in [3.05, 3.63) is 34.6 Å². The maximum Gasteiger partial charge on any atom is 0.257 e. The topological polar surface area (TPSA) is 46.1 Å². The fourth-order valence-corrected chi connectivity index (χ4v) is 1.90. The number of nitrogens with zero attached hydrogens (tertiary/aromatic N) is 3. The van der Waals surface area contributed by atoms with Crippen LogP contribution in [0.3, 0.4) is 0 Å². The average Bonchev–Trinajstić information content (AvgIpc) is 3.12. The molecule has 0 aromatic carbocycles. The smallest absolute Gasteiger partial charge is 0.257 e. The molecule has 1 amide bonds. The molecule has 17 heavy (non-hydrogen) atoms. The van der Waals surface area contributed by atoms with Crippen LogP contribution in [0.2, 0.25) is 10.3 Å². The highest BCUT2D eigenvalue weighted by Gasteiger charge is 2.33. The van der Waals surface area contributed by atoms with Crippen molar-refractivity contribution in [2.75, 3.05) is 6.54 Å². The van der Waals surface area contributed by atoms with E-state index in [4.69, 9.17) is 23.2 Å². The van der Waals surface area contributed by atoms with Gasteiger partial charge in [0.05, 0.1) is 5.56 Å². The first-order valence-corrected chi connectivity index (χ1v) is 5.99. The van der Waals surface area contributed by atoms with Crippen molar-refractivity contribution in [1.29, 1.82) is 0 Å². The van der Waals surface area contributed by atoms with Gasteiger partial charge >= 0.3 is 0 Å². The molecule has 4 nitrogen and oxygen atoms in total. The number of rotatable bonds is 4. The Kier molecular flexibility index (Phi) is 3.64. The molecule has 1 fully saturated rings. The fraction of sp³-hybridized carbons (Fsp3) is 0.364. The molecule has 0 unspecified atom stereocenters. The molecule has 0 radical (unpaired) electrons. The first-order chi connectivity index (χ1) is 8.13. The first-order valence-electron chi connectivity index (χ1n) is 5.24. The van der Waals surface area contributed by atoms with Crippen LogP contribution in [0.5, 0.6) is 0 Å². The van der Waals surface area contributed by atoms with E-state index in [9.17, 15) is 4.79 Å². The summed E-state index contributed by atoms with van der Waals surface area (Å²) in [7, 11) is 0. The minimum absolute atomic E-state index is 0.0779. The van der Waals surface area contributed by atoms with E-state index in [0.717, 1.165) is 12.8 Å². The Hall–Kier alpha value is -1.13. The van der Waals surface area contributed by atoms with Gasteiger partial charge in [0.25, 0.3) is 5.91 Å². The van der Waals surface area contributed by atoms with Gasteiger partial charge in [-0.3, -0.25) is 4.79 Å². The lowest BCUT2D eigenvalue weighted by atomic mass is 10.2. The summed E-state index contributed by atoms with van der Waals surface area (Å²) in [4.78, 5) is 14.0. The SMILES string of the molecule is C=CCN(C(=O)c1cc(Cl)nnc1Cl)C1CC1. The van der Waals surface area contributed by atoms with Crippen molar-refractivity contribution in [3.63, 3.8) is 0 Å². The highest BCUT2D eigenvalue weighted by atomic mass is 35.5. The molecule has 0 saturated heterocycles. The summed E-state index contributed by atoms with van der Waals surface area (Å²) in [5.74, 6) is -0.172. The number of carbonyl (C=O) groups is 1. The minimum atomic E-state index is -0.172. The number of amides is 1. The Morgan fingerprint density at radius 2 is 2.24 bits per heavy atom. The molecular formula is C11H11Cl2N3O. The van der Waals surface area contributed by atoms with Gasteiger partial charge in [-0.05, 0) is 18.9 Å². The van der Waals surface area contributed by atoms with Crippen molar-refractivity contribution < 1.29 is 4.79 Å². The fourth-order valence-electron chi connectivity index (χ4n) is 1.58.